The van der Waals surface area contributed by atoms with Crippen molar-refractivity contribution in [2.75, 3.05) is 13.1 Å². The first-order valence-electron chi connectivity index (χ1n) is 6.59. The van der Waals surface area contributed by atoms with E-state index in [1.54, 1.807) is 11.3 Å². The molecule has 0 atom stereocenters. The van der Waals surface area contributed by atoms with Crippen molar-refractivity contribution >= 4 is 38.9 Å². The Morgan fingerprint density at radius 3 is 2.61 bits per heavy atom. The first-order chi connectivity index (χ1) is 8.44. The summed E-state index contributed by atoms with van der Waals surface area (Å²) in [6, 6.07) is 2.15. The van der Waals surface area contributed by atoms with E-state index in [0.717, 1.165) is 28.3 Å². The van der Waals surface area contributed by atoms with Gasteiger partial charge >= 0.3 is 0 Å². The maximum Gasteiger partial charge on any atom is 0.107 e. The molecular formula is C14H23BrClNS. The molecule has 1 aromatic rings. The highest BCUT2D eigenvalue weighted by Gasteiger charge is 2.18. The summed E-state index contributed by atoms with van der Waals surface area (Å²) in [5.74, 6) is 0. The lowest BCUT2D eigenvalue weighted by molar-refractivity contribution is 0.303. The molecule has 1 heterocycles. The van der Waals surface area contributed by atoms with Crippen LogP contribution in [0.5, 0.6) is 0 Å². The number of aryl methyl sites for hydroxylation is 1. The van der Waals surface area contributed by atoms with Gasteiger partial charge < -0.3 is 5.32 Å². The Morgan fingerprint density at radius 1 is 1.33 bits per heavy atom. The van der Waals surface area contributed by atoms with Crippen LogP contribution in [0.15, 0.2) is 10.5 Å². The Balaban J connectivity index is 2.31. The van der Waals surface area contributed by atoms with Gasteiger partial charge in [-0.2, -0.15) is 0 Å². The van der Waals surface area contributed by atoms with Gasteiger partial charge in [-0.3, -0.25) is 0 Å². The molecule has 1 nitrogen and oxygen atoms in total. The molecule has 0 unspecified atom stereocenters. The van der Waals surface area contributed by atoms with Crippen molar-refractivity contribution in [2.24, 2.45) is 5.41 Å². The summed E-state index contributed by atoms with van der Waals surface area (Å²) in [6.45, 7) is 9.16. The molecule has 0 aliphatic heterocycles. The molecule has 18 heavy (non-hydrogen) atoms. The van der Waals surface area contributed by atoms with Gasteiger partial charge in [0.1, 0.15) is 4.34 Å². The number of thiophene rings is 1. The van der Waals surface area contributed by atoms with E-state index < -0.39 is 0 Å². The summed E-state index contributed by atoms with van der Waals surface area (Å²) >= 11 is 11.2. The van der Waals surface area contributed by atoms with Crippen molar-refractivity contribution in [3.8, 4) is 0 Å². The number of halogens is 2. The summed E-state index contributed by atoms with van der Waals surface area (Å²) in [6.07, 6.45) is 4.77. The van der Waals surface area contributed by atoms with E-state index in [9.17, 15) is 0 Å². The van der Waals surface area contributed by atoms with Gasteiger partial charge in [-0.15, -0.1) is 11.3 Å². The molecule has 1 rings (SSSR count). The third-order valence-corrected chi connectivity index (χ3v) is 5.68. The highest BCUT2D eigenvalue weighted by atomic mass is 79.9. The van der Waals surface area contributed by atoms with Crippen molar-refractivity contribution < 1.29 is 0 Å². The summed E-state index contributed by atoms with van der Waals surface area (Å²) in [5.41, 5.74) is 0.393. The van der Waals surface area contributed by atoms with Crippen LogP contribution >= 0.6 is 38.9 Å². The number of hydrogen-bond acceptors (Lipinski definition) is 2. The predicted molar refractivity (Wildman–Crippen MR) is 86.9 cm³/mol. The Labute approximate surface area is 128 Å². The molecule has 104 valence electrons. The van der Waals surface area contributed by atoms with Crippen molar-refractivity contribution in [3.05, 3.63) is 19.8 Å². The highest BCUT2D eigenvalue weighted by Crippen LogP contribution is 2.35. The van der Waals surface area contributed by atoms with Crippen molar-refractivity contribution in [1.29, 1.82) is 0 Å². The first-order valence-corrected chi connectivity index (χ1v) is 8.58. The molecule has 0 saturated carbocycles. The monoisotopic (exact) mass is 351 g/mol. The minimum Gasteiger partial charge on any atom is -0.317 e. The minimum absolute atomic E-state index is 0.393. The fourth-order valence-corrected chi connectivity index (χ4v) is 3.62. The van der Waals surface area contributed by atoms with Gasteiger partial charge in [-0.1, -0.05) is 32.4 Å². The van der Waals surface area contributed by atoms with E-state index in [0.29, 0.717) is 5.41 Å². The molecule has 0 spiro atoms. The fraction of sp³-hybridized carbons (Fsp3) is 0.714. The van der Waals surface area contributed by atoms with Crippen LogP contribution in [0.2, 0.25) is 4.34 Å². The maximum absolute atomic E-state index is 6.06. The van der Waals surface area contributed by atoms with Gasteiger partial charge in [0, 0.05) is 9.35 Å². The van der Waals surface area contributed by atoms with Gasteiger partial charge in [-0.25, -0.2) is 0 Å². The second-order valence-corrected chi connectivity index (χ2v) is 8.09. The quantitative estimate of drug-likeness (QED) is 0.608. The van der Waals surface area contributed by atoms with Crippen molar-refractivity contribution in [2.45, 2.75) is 46.5 Å². The second kappa shape index (κ2) is 7.88. The van der Waals surface area contributed by atoms with Gasteiger partial charge in [0.15, 0.2) is 0 Å². The van der Waals surface area contributed by atoms with E-state index in [1.165, 1.54) is 24.1 Å². The molecule has 1 N–H and O–H groups in total. The number of rotatable bonds is 8. The molecule has 0 saturated heterocycles. The summed E-state index contributed by atoms with van der Waals surface area (Å²) < 4.78 is 1.90. The van der Waals surface area contributed by atoms with E-state index >= 15 is 0 Å². The van der Waals surface area contributed by atoms with E-state index in [2.05, 4.69) is 48.1 Å². The smallest absolute Gasteiger partial charge is 0.107 e. The zero-order valence-corrected chi connectivity index (χ0v) is 14.6. The fourth-order valence-electron chi connectivity index (χ4n) is 1.83. The molecule has 0 aliphatic rings. The van der Waals surface area contributed by atoms with Crippen molar-refractivity contribution in [1.82, 2.24) is 5.32 Å². The lowest BCUT2D eigenvalue weighted by Crippen LogP contribution is -2.23. The van der Waals surface area contributed by atoms with Crippen LogP contribution in [0.3, 0.4) is 0 Å². The molecule has 1 aromatic heterocycles. The molecule has 0 bridgehead atoms. The van der Waals surface area contributed by atoms with Gasteiger partial charge in [0.05, 0.1) is 0 Å². The normalized spacial score (nSPS) is 12.1. The van der Waals surface area contributed by atoms with E-state index in [4.69, 9.17) is 11.6 Å². The van der Waals surface area contributed by atoms with Crippen LogP contribution in [0.25, 0.3) is 0 Å². The average Bonchev–Trinajstić information content (AvgIpc) is 2.62. The van der Waals surface area contributed by atoms with Gasteiger partial charge in [0.25, 0.3) is 0 Å². The van der Waals surface area contributed by atoms with Crippen molar-refractivity contribution in [3.63, 3.8) is 0 Å². The van der Waals surface area contributed by atoms with Crippen LogP contribution in [-0.2, 0) is 6.42 Å². The molecule has 0 fully saturated rings. The summed E-state index contributed by atoms with van der Waals surface area (Å²) in [5, 5.41) is 3.48. The second-order valence-electron chi connectivity index (χ2n) is 5.50. The van der Waals surface area contributed by atoms with Gasteiger partial charge in [-0.05, 0) is 66.2 Å². The number of hydrogen-bond donors (Lipinski definition) is 1. The summed E-state index contributed by atoms with van der Waals surface area (Å²) in [4.78, 5) is 1.38. The standard InChI is InChI=1S/C14H23BrClNS/c1-4-8-17-9-7-14(2,3)6-5-11-10-12(15)13(16)18-11/h10,17H,4-9H2,1-3H3. The third-order valence-electron chi connectivity index (χ3n) is 3.15. The molecular weight excluding hydrogens is 330 g/mol. The Morgan fingerprint density at radius 2 is 2.06 bits per heavy atom. The summed E-state index contributed by atoms with van der Waals surface area (Å²) in [7, 11) is 0. The zero-order valence-electron chi connectivity index (χ0n) is 11.5. The van der Waals surface area contributed by atoms with Crippen LogP contribution in [-0.4, -0.2) is 13.1 Å². The van der Waals surface area contributed by atoms with Crippen LogP contribution in [0.4, 0.5) is 0 Å². The lowest BCUT2D eigenvalue weighted by Gasteiger charge is -2.24. The SMILES string of the molecule is CCCNCCC(C)(C)CCc1cc(Br)c(Cl)s1. The molecule has 0 aromatic carbocycles. The molecule has 0 amide bonds. The highest BCUT2D eigenvalue weighted by molar-refractivity contribution is 9.10. The number of nitrogens with one attached hydrogen (secondary N) is 1. The van der Waals surface area contributed by atoms with E-state index in [1.807, 2.05) is 0 Å². The third kappa shape index (κ3) is 6.05. The Bertz CT molecular complexity index is 343. The van der Waals surface area contributed by atoms with E-state index in [-0.39, 0.29) is 0 Å². The predicted octanol–water partition coefficient (Wildman–Crippen LogP) is 5.51. The molecule has 0 aliphatic carbocycles. The first kappa shape index (κ1) is 16.5. The molecule has 0 radical (unpaired) electrons. The van der Waals surface area contributed by atoms with Crippen LogP contribution in [0, 0.1) is 5.41 Å². The van der Waals surface area contributed by atoms with Gasteiger partial charge in [0.2, 0.25) is 0 Å². The minimum atomic E-state index is 0.393. The lowest BCUT2D eigenvalue weighted by atomic mass is 9.84. The Hall–Kier alpha value is 0.430. The zero-order chi connectivity index (χ0) is 13.6. The van der Waals surface area contributed by atoms with Crippen LogP contribution in [0.1, 0.15) is 44.9 Å². The molecule has 4 heteroatoms. The maximum atomic E-state index is 6.06. The Kier molecular flexibility index (Phi) is 7.22. The van der Waals surface area contributed by atoms with Crippen LogP contribution < -0.4 is 5.32 Å². The average molecular weight is 353 g/mol. The topological polar surface area (TPSA) is 12.0 Å². The largest absolute Gasteiger partial charge is 0.317 e.